The zero-order valence-electron chi connectivity index (χ0n) is 17.1. The number of ether oxygens (including phenoxy) is 1. The average Bonchev–Trinajstić information content (AvgIpc) is 2.79. The number of hydrogen-bond acceptors (Lipinski definition) is 5. The van der Waals surface area contributed by atoms with Crippen molar-refractivity contribution >= 4 is 38.3 Å². The molecule has 166 valence electrons. The minimum atomic E-state index is -3.95. The summed E-state index contributed by atoms with van der Waals surface area (Å²) in [5, 5.41) is 18.7. The summed E-state index contributed by atoms with van der Waals surface area (Å²) < 4.78 is 33.8. The second-order valence-electron chi connectivity index (χ2n) is 7.17. The van der Waals surface area contributed by atoms with E-state index in [1.807, 2.05) is 24.3 Å². The Labute approximate surface area is 189 Å². The molecule has 4 aromatic carbocycles. The molecular weight excluding hydrogens is 442 g/mol. The molecule has 0 atom stereocenters. The molecule has 0 unspecified atom stereocenters. The predicted octanol–water partition coefficient (Wildman–Crippen LogP) is 4.42. The van der Waals surface area contributed by atoms with Gasteiger partial charge in [0.25, 0.3) is 10.0 Å². The van der Waals surface area contributed by atoms with E-state index in [4.69, 9.17) is 15.9 Å². The Morgan fingerprint density at radius 3 is 2.27 bits per heavy atom. The lowest BCUT2D eigenvalue weighted by molar-refractivity contribution is 0.0694. The third-order valence-corrected chi connectivity index (χ3v) is 6.27. The maximum Gasteiger partial charge on any atom is 0.339 e. The largest absolute Gasteiger partial charge is 0.478 e. The van der Waals surface area contributed by atoms with E-state index in [0.717, 1.165) is 10.8 Å². The average molecular weight is 461 g/mol. The molecule has 4 rings (SSSR count). The monoisotopic (exact) mass is 461 g/mol. The van der Waals surface area contributed by atoms with E-state index >= 15 is 0 Å². The van der Waals surface area contributed by atoms with Crippen LogP contribution < -0.4 is 15.2 Å². The number of anilines is 1. The van der Waals surface area contributed by atoms with E-state index in [-0.39, 0.29) is 27.7 Å². The fourth-order valence-corrected chi connectivity index (χ4v) is 4.31. The van der Waals surface area contributed by atoms with E-state index in [0.29, 0.717) is 11.3 Å². The number of sulfonamides is 1. The second-order valence-corrected chi connectivity index (χ2v) is 8.85. The van der Waals surface area contributed by atoms with Crippen molar-refractivity contribution in [1.29, 1.82) is 5.41 Å². The highest BCUT2D eigenvalue weighted by Gasteiger charge is 2.18. The quantitative estimate of drug-likeness (QED) is 0.237. The van der Waals surface area contributed by atoms with E-state index in [9.17, 15) is 18.3 Å². The Morgan fingerprint density at radius 2 is 1.61 bits per heavy atom. The van der Waals surface area contributed by atoms with Gasteiger partial charge in [0.2, 0.25) is 0 Å². The van der Waals surface area contributed by atoms with Crippen molar-refractivity contribution in [1.82, 2.24) is 0 Å². The Balaban J connectivity index is 1.61. The van der Waals surface area contributed by atoms with Gasteiger partial charge in [-0.1, -0.05) is 30.3 Å². The highest BCUT2D eigenvalue weighted by Crippen LogP contribution is 2.29. The molecule has 0 fully saturated rings. The number of amidine groups is 1. The summed E-state index contributed by atoms with van der Waals surface area (Å²) in [5.41, 5.74) is 5.79. The summed E-state index contributed by atoms with van der Waals surface area (Å²) in [7, 11) is -3.95. The minimum absolute atomic E-state index is 0.0340. The molecule has 0 bridgehead atoms. The molecule has 0 heterocycles. The zero-order valence-corrected chi connectivity index (χ0v) is 18.0. The molecule has 0 aliphatic heterocycles. The third kappa shape index (κ3) is 4.78. The molecule has 4 aromatic rings. The number of carbonyl (C=O) groups is 1. The first kappa shape index (κ1) is 21.8. The van der Waals surface area contributed by atoms with Crippen LogP contribution >= 0.6 is 0 Å². The number of carboxylic acids is 1. The molecule has 5 N–H and O–H groups in total. The molecule has 0 amide bonds. The highest BCUT2D eigenvalue weighted by atomic mass is 32.2. The van der Waals surface area contributed by atoms with E-state index < -0.39 is 16.0 Å². The molecule has 8 nitrogen and oxygen atoms in total. The smallest absolute Gasteiger partial charge is 0.339 e. The maximum absolute atomic E-state index is 12.9. The fraction of sp³-hybridized carbons (Fsp3) is 0. The van der Waals surface area contributed by atoms with Gasteiger partial charge >= 0.3 is 5.97 Å². The number of rotatable bonds is 7. The Kier molecular flexibility index (Phi) is 5.72. The summed E-state index contributed by atoms with van der Waals surface area (Å²) >= 11 is 0. The van der Waals surface area contributed by atoms with Crippen LogP contribution in [0, 0.1) is 5.41 Å². The van der Waals surface area contributed by atoms with Crippen LogP contribution in [-0.2, 0) is 10.0 Å². The van der Waals surface area contributed by atoms with Crippen LogP contribution in [0.5, 0.6) is 11.5 Å². The van der Waals surface area contributed by atoms with E-state index in [1.54, 1.807) is 36.4 Å². The second kappa shape index (κ2) is 8.64. The van der Waals surface area contributed by atoms with Crippen LogP contribution in [0.4, 0.5) is 5.69 Å². The number of nitrogens with one attached hydrogen (secondary N) is 2. The van der Waals surface area contributed by atoms with Crippen molar-refractivity contribution in [2.75, 3.05) is 4.72 Å². The number of benzene rings is 4. The molecule has 0 saturated carbocycles. The van der Waals surface area contributed by atoms with Crippen LogP contribution in [-0.4, -0.2) is 25.3 Å². The van der Waals surface area contributed by atoms with Gasteiger partial charge in [-0.15, -0.1) is 0 Å². The van der Waals surface area contributed by atoms with Gasteiger partial charge < -0.3 is 15.6 Å². The van der Waals surface area contributed by atoms with Gasteiger partial charge in [-0.25, -0.2) is 13.2 Å². The van der Waals surface area contributed by atoms with E-state index in [2.05, 4.69) is 4.72 Å². The molecule has 0 spiro atoms. The molecule has 0 aliphatic rings. The third-order valence-electron chi connectivity index (χ3n) is 4.89. The molecule has 0 aromatic heterocycles. The Hall–Kier alpha value is -4.37. The van der Waals surface area contributed by atoms with Crippen LogP contribution in [0.1, 0.15) is 15.9 Å². The van der Waals surface area contributed by atoms with Crippen molar-refractivity contribution in [3.05, 3.63) is 96.1 Å². The van der Waals surface area contributed by atoms with Crippen LogP contribution in [0.3, 0.4) is 0 Å². The van der Waals surface area contributed by atoms with Crippen LogP contribution in [0.25, 0.3) is 10.8 Å². The van der Waals surface area contributed by atoms with Crippen molar-refractivity contribution in [2.24, 2.45) is 5.73 Å². The first-order valence-electron chi connectivity index (χ1n) is 9.74. The number of hydrogen-bond donors (Lipinski definition) is 4. The van der Waals surface area contributed by atoms with Crippen LogP contribution in [0.2, 0.25) is 0 Å². The zero-order chi connectivity index (χ0) is 23.6. The Morgan fingerprint density at radius 1 is 0.909 bits per heavy atom. The summed E-state index contributed by atoms with van der Waals surface area (Å²) in [4.78, 5) is 11.8. The minimum Gasteiger partial charge on any atom is -0.478 e. The summed E-state index contributed by atoms with van der Waals surface area (Å²) in [6.45, 7) is 0. The molecule has 0 saturated heterocycles. The van der Waals surface area contributed by atoms with Gasteiger partial charge in [0.1, 0.15) is 22.9 Å². The number of fused-ring (bicyclic) bond motifs is 1. The highest BCUT2D eigenvalue weighted by molar-refractivity contribution is 7.92. The van der Waals surface area contributed by atoms with Gasteiger partial charge in [0, 0.05) is 11.3 Å². The molecule has 0 radical (unpaired) electrons. The maximum atomic E-state index is 12.9. The van der Waals surface area contributed by atoms with Crippen molar-refractivity contribution in [3.8, 4) is 11.5 Å². The first-order valence-corrected chi connectivity index (χ1v) is 11.2. The number of nitrogens with two attached hydrogens (primary N) is 1. The van der Waals surface area contributed by atoms with Gasteiger partial charge in [-0.3, -0.25) is 10.1 Å². The lowest BCUT2D eigenvalue weighted by atomic mass is 10.1. The first-order chi connectivity index (χ1) is 15.7. The van der Waals surface area contributed by atoms with Crippen molar-refractivity contribution < 1.29 is 23.1 Å². The topological polar surface area (TPSA) is 143 Å². The van der Waals surface area contributed by atoms with Crippen LogP contribution in [0.15, 0.2) is 89.8 Å². The van der Waals surface area contributed by atoms with Crippen molar-refractivity contribution in [2.45, 2.75) is 4.90 Å². The van der Waals surface area contributed by atoms with Gasteiger partial charge in [0.15, 0.2) is 0 Å². The lowest BCUT2D eigenvalue weighted by Crippen LogP contribution is -2.13. The number of nitrogen functional groups attached to an aromatic ring is 1. The summed E-state index contributed by atoms with van der Waals surface area (Å²) in [5.74, 6) is -1.01. The predicted molar refractivity (Wildman–Crippen MR) is 126 cm³/mol. The molecule has 9 heteroatoms. The van der Waals surface area contributed by atoms with E-state index in [1.165, 1.54) is 24.3 Å². The summed E-state index contributed by atoms with van der Waals surface area (Å²) in [6.07, 6.45) is 0. The fourth-order valence-electron chi connectivity index (χ4n) is 3.23. The normalized spacial score (nSPS) is 11.2. The SMILES string of the molecule is N=C(N)c1ccc(Oc2ccc(NS(=O)(=O)c3ccc4ccccc4c3)cc2C(=O)O)cc1. The Bertz CT molecular complexity index is 1480. The summed E-state index contributed by atoms with van der Waals surface area (Å²) in [6, 6.07) is 22.4. The van der Waals surface area contributed by atoms with Gasteiger partial charge in [-0.05, 0) is 65.4 Å². The number of aromatic carboxylic acids is 1. The van der Waals surface area contributed by atoms with Gasteiger partial charge in [-0.2, -0.15) is 0 Å². The molecule has 33 heavy (non-hydrogen) atoms. The number of carboxylic acid groups (broad SMARTS) is 1. The molecule has 0 aliphatic carbocycles. The van der Waals surface area contributed by atoms with Gasteiger partial charge in [0.05, 0.1) is 4.90 Å². The molecular formula is C24H19N3O5S. The van der Waals surface area contributed by atoms with Crippen molar-refractivity contribution in [3.63, 3.8) is 0 Å². The standard InChI is InChI=1S/C24H19N3O5S/c25-23(26)16-5-9-19(10-6-16)32-22-12-8-18(14-21(22)24(28)29)27-33(30,31)20-11-7-15-3-1-2-4-17(15)13-20/h1-14,27H,(H3,25,26)(H,28,29). The lowest BCUT2D eigenvalue weighted by Gasteiger charge is -2.13.